The Morgan fingerprint density at radius 2 is 1.68 bits per heavy atom. The first-order valence-corrected chi connectivity index (χ1v) is 11.7. The first-order chi connectivity index (χ1) is 15.0. The van der Waals surface area contributed by atoms with Crippen LogP contribution in [0.15, 0.2) is 65.6 Å². The largest absolute Gasteiger partial charge is 0.490 e. The number of carbonyl (C=O) groups is 1. The van der Waals surface area contributed by atoms with E-state index in [2.05, 4.69) is 10.0 Å². The molecular formula is C23H24N2O5S. The van der Waals surface area contributed by atoms with Crippen LogP contribution in [0.4, 0.5) is 5.69 Å². The molecule has 0 bridgehead atoms. The van der Waals surface area contributed by atoms with Gasteiger partial charge in [-0.2, -0.15) is 0 Å². The SMILES string of the molecule is O=C(CCCNS(=O)(=O)c1ccc2c(c1)OCCCO2)Nc1ccc2ccccc2c1. The number of ether oxygens (including phenoxy) is 2. The van der Waals surface area contributed by atoms with E-state index in [1.54, 1.807) is 6.07 Å². The zero-order valence-corrected chi connectivity index (χ0v) is 17.8. The van der Waals surface area contributed by atoms with Gasteiger partial charge in [0.2, 0.25) is 15.9 Å². The van der Waals surface area contributed by atoms with Crippen LogP contribution in [0.25, 0.3) is 10.8 Å². The van der Waals surface area contributed by atoms with Crippen molar-refractivity contribution >= 4 is 32.4 Å². The van der Waals surface area contributed by atoms with Gasteiger partial charge >= 0.3 is 0 Å². The minimum absolute atomic E-state index is 0.109. The Bertz CT molecular complexity index is 1190. The third-order valence-corrected chi connectivity index (χ3v) is 6.39. The molecule has 0 saturated carbocycles. The number of anilines is 1. The molecule has 2 N–H and O–H groups in total. The van der Waals surface area contributed by atoms with Gasteiger partial charge in [-0.15, -0.1) is 0 Å². The third kappa shape index (κ3) is 5.34. The summed E-state index contributed by atoms with van der Waals surface area (Å²) in [6, 6.07) is 18.2. The number of rotatable bonds is 7. The fraction of sp³-hybridized carbons (Fsp3) is 0.261. The van der Waals surface area contributed by atoms with Gasteiger partial charge in [0.15, 0.2) is 11.5 Å². The molecule has 1 amide bonds. The number of benzene rings is 3. The molecule has 0 aromatic heterocycles. The fourth-order valence-corrected chi connectivity index (χ4v) is 4.43. The first kappa shape index (κ1) is 21.1. The van der Waals surface area contributed by atoms with Gasteiger partial charge in [0.05, 0.1) is 18.1 Å². The maximum absolute atomic E-state index is 12.6. The Labute approximate surface area is 181 Å². The van der Waals surface area contributed by atoms with Crippen LogP contribution in [-0.2, 0) is 14.8 Å². The molecule has 0 spiro atoms. The molecule has 3 aromatic rings. The summed E-state index contributed by atoms with van der Waals surface area (Å²) in [5.74, 6) is 0.807. The Kier molecular flexibility index (Phi) is 6.39. The van der Waals surface area contributed by atoms with Gasteiger partial charge in [-0.25, -0.2) is 13.1 Å². The maximum Gasteiger partial charge on any atom is 0.240 e. The molecule has 8 heteroatoms. The lowest BCUT2D eigenvalue weighted by molar-refractivity contribution is -0.116. The van der Waals surface area contributed by atoms with Crippen molar-refractivity contribution in [2.75, 3.05) is 25.1 Å². The molecule has 1 aliphatic heterocycles. The van der Waals surface area contributed by atoms with E-state index >= 15 is 0 Å². The van der Waals surface area contributed by atoms with Crippen LogP contribution in [0.1, 0.15) is 19.3 Å². The standard InChI is InChI=1S/C23H24N2O5S/c26-23(25-19-9-8-17-5-1-2-6-18(17)15-19)7-3-12-24-31(27,28)20-10-11-21-22(16-20)30-14-4-13-29-21/h1-2,5-6,8-11,15-16,24H,3-4,7,12-14H2,(H,25,26). The van der Waals surface area contributed by atoms with E-state index in [1.165, 1.54) is 12.1 Å². The number of nitrogens with one attached hydrogen (secondary N) is 2. The van der Waals surface area contributed by atoms with E-state index in [0.29, 0.717) is 31.1 Å². The summed E-state index contributed by atoms with van der Waals surface area (Å²) in [6.45, 7) is 1.18. The van der Waals surface area contributed by atoms with E-state index in [-0.39, 0.29) is 23.8 Å². The normalized spacial score (nSPS) is 13.5. The molecule has 4 rings (SSSR count). The summed E-state index contributed by atoms with van der Waals surface area (Å²) in [6.07, 6.45) is 1.33. The van der Waals surface area contributed by atoms with Crippen LogP contribution in [0.3, 0.4) is 0 Å². The predicted molar refractivity (Wildman–Crippen MR) is 119 cm³/mol. The van der Waals surface area contributed by atoms with Crippen LogP contribution in [-0.4, -0.2) is 34.1 Å². The number of carbonyl (C=O) groups excluding carboxylic acids is 1. The second-order valence-electron chi connectivity index (χ2n) is 7.27. The van der Waals surface area contributed by atoms with Crippen molar-refractivity contribution in [1.82, 2.24) is 4.72 Å². The van der Waals surface area contributed by atoms with E-state index in [9.17, 15) is 13.2 Å². The van der Waals surface area contributed by atoms with Gasteiger partial charge in [-0.3, -0.25) is 4.79 Å². The molecule has 0 unspecified atom stereocenters. The monoisotopic (exact) mass is 440 g/mol. The average molecular weight is 441 g/mol. The van der Waals surface area contributed by atoms with Gasteiger partial charge in [-0.1, -0.05) is 30.3 Å². The topological polar surface area (TPSA) is 93.7 Å². The van der Waals surface area contributed by atoms with Crippen molar-refractivity contribution in [3.63, 3.8) is 0 Å². The fourth-order valence-electron chi connectivity index (χ4n) is 3.34. The molecular weight excluding hydrogens is 416 g/mol. The van der Waals surface area contributed by atoms with Crippen LogP contribution < -0.4 is 19.5 Å². The number of amides is 1. The van der Waals surface area contributed by atoms with Gasteiger partial charge in [0, 0.05) is 31.1 Å². The van der Waals surface area contributed by atoms with Gasteiger partial charge in [0.1, 0.15) is 0 Å². The maximum atomic E-state index is 12.6. The predicted octanol–water partition coefficient (Wildman–Crippen LogP) is 3.70. The van der Waals surface area contributed by atoms with Crippen molar-refractivity contribution in [2.45, 2.75) is 24.2 Å². The number of fused-ring (bicyclic) bond motifs is 2. The van der Waals surface area contributed by atoms with E-state index < -0.39 is 10.0 Å². The highest BCUT2D eigenvalue weighted by molar-refractivity contribution is 7.89. The van der Waals surface area contributed by atoms with Crippen molar-refractivity contribution in [3.05, 3.63) is 60.7 Å². The third-order valence-electron chi connectivity index (χ3n) is 4.94. The number of sulfonamides is 1. The Morgan fingerprint density at radius 3 is 2.52 bits per heavy atom. The highest BCUT2D eigenvalue weighted by Gasteiger charge is 2.18. The zero-order chi connectivity index (χ0) is 21.7. The summed E-state index contributed by atoms with van der Waals surface area (Å²) in [7, 11) is -3.70. The molecule has 1 aliphatic rings. The zero-order valence-electron chi connectivity index (χ0n) is 17.0. The molecule has 31 heavy (non-hydrogen) atoms. The van der Waals surface area contributed by atoms with Crippen LogP contribution in [0, 0.1) is 0 Å². The minimum Gasteiger partial charge on any atom is -0.490 e. The smallest absolute Gasteiger partial charge is 0.240 e. The van der Waals surface area contributed by atoms with Crippen LogP contribution in [0.5, 0.6) is 11.5 Å². The van der Waals surface area contributed by atoms with E-state index in [4.69, 9.17) is 9.47 Å². The molecule has 0 radical (unpaired) electrons. The molecule has 3 aromatic carbocycles. The van der Waals surface area contributed by atoms with Crippen LogP contribution in [0.2, 0.25) is 0 Å². The average Bonchev–Trinajstić information content (AvgIpc) is 3.01. The first-order valence-electron chi connectivity index (χ1n) is 10.2. The number of hydrogen-bond acceptors (Lipinski definition) is 5. The Morgan fingerprint density at radius 1 is 0.903 bits per heavy atom. The molecule has 1 heterocycles. The van der Waals surface area contributed by atoms with Crippen molar-refractivity contribution in [3.8, 4) is 11.5 Å². The molecule has 0 aliphatic carbocycles. The Balaban J connectivity index is 1.28. The minimum atomic E-state index is -3.70. The lowest BCUT2D eigenvalue weighted by atomic mass is 10.1. The molecule has 7 nitrogen and oxygen atoms in total. The summed E-state index contributed by atoms with van der Waals surface area (Å²) in [5.41, 5.74) is 0.719. The molecule has 162 valence electrons. The lowest BCUT2D eigenvalue weighted by Gasteiger charge is -2.11. The van der Waals surface area contributed by atoms with Gasteiger partial charge in [0.25, 0.3) is 0 Å². The van der Waals surface area contributed by atoms with E-state index in [1.807, 2.05) is 42.5 Å². The summed E-state index contributed by atoms with van der Waals surface area (Å²) in [4.78, 5) is 12.3. The van der Waals surface area contributed by atoms with Crippen molar-refractivity contribution < 1.29 is 22.7 Å². The summed E-state index contributed by atoms with van der Waals surface area (Å²) in [5, 5.41) is 5.00. The highest BCUT2D eigenvalue weighted by Crippen LogP contribution is 2.31. The quantitative estimate of drug-likeness (QED) is 0.547. The van der Waals surface area contributed by atoms with Gasteiger partial charge in [-0.05, 0) is 41.5 Å². The number of hydrogen-bond donors (Lipinski definition) is 2. The summed E-state index contributed by atoms with van der Waals surface area (Å²) >= 11 is 0. The molecule has 0 fully saturated rings. The molecule has 0 saturated heterocycles. The van der Waals surface area contributed by atoms with Crippen molar-refractivity contribution in [1.29, 1.82) is 0 Å². The Hall–Kier alpha value is -3.10. The van der Waals surface area contributed by atoms with E-state index in [0.717, 1.165) is 22.9 Å². The summed E-state index contributed by atoms with van der Waals surface area (Å²) < 4.78 is 38.7. The van der Waals surface area contributed by atoms with Gasteiger partial charge < -0.3 is 14.8 Å². The second-order valence-corrected chi connectivity index (χ2v) is 9.04. The van der Waals surface area contributed by atoms with Crippen LogP contribution >= 0.6 is 0 Å². The molecule has 0 atom stereocenters. The highest BCUT2D eigenvalue weighted by atomic mass is 32.2. The van der Waals surface area contributed by atoms with Crippen molar-refractivity contribution in [2.24, 2.45) is 0 Å². The lowest BCUT2D eigenvalue weighted by Crippen LogP contribution is -2.25. The second kappa shape index (κ2) is 9.36.